The highest BCUT2D eigenvalue weighted by atomic mass is 79.9. The van der Waals surface area contributed by atoms with Crippen LogP contribution in [-0.2, 0) is 13.6 Å². The number of rotatable bonds is 1. The minimum atomic E-state index is -3.89. The first-order valence-corrected chi connectivity index (χ1v) is 14.9. The fraction of sp³-hybridized carbons (Fsp3) is 0.357. The van der Waals surface area contributed by atoms with E-state index in [0.29, 0.717) is 21.5 Å². The highest BCUT2D eigenvalue weighted by Gasteiger charge is 2.44. The van der Waals surface area contributed by atoms with Crippen molar-refractivity contribution in [2.24, 2.45) is 11.1 Å². The molecule has 2 fully saturated rings. The molecule has 3 aliphatic rings. The number of anilines is 1. The highest BCUT2D eigenvalue weighted by molar-refractivity contribution is 9.10. The van der Waals surface area contributed by atoms with Crippen molar-refractivity contribution in [3.8, 4) is 11.5 Å². The summed E-state index contributed by atoms with van der Waals surface area (Å²) in [6.07, 6.45) is 1.29. The van der Waals surface area contributed by atoms with Crippen molar-refractivity contribution >= 4 is 29.4 Å². The zero-order chi connectivity index (χ0) is 27.9. The summed E-state index contributed by atoms with van der Waals surface area (Å²) >= 11 is 3.22. The second kappa shape index (κ2) is 10.9. The first-order valence-electron chi connectivity index (χ1n) is 12.6. The second-order valence-electron chi connectivity index (χ2n) is 10.6. The summed E-state index contributed by atoms with van der Waals surface area (Å²) in [6, 6.07) is 16.6. The van der Waals surface area contributed by atoms with Crippen LogP contribution < -0.4 is 15.4 Å². The van der Waals surface area contributed by atoms with Gasteiger partial charge in [0, 0.05) is 24.1 Å². The Morgan fingerprint density at radius 2 is 1.82 bits per heavy atom. The summed E-state index contributed by atoms with van der Waals surface area (Å²) in [4.78, 5) is 11.4. The summed E-state index contributed by atoms with van der Waals surface area (Å²) in [7, 11) is -3.89. The number of halogens is 3. The van der Waals surface area contributed by atoms with Crippen LogP contribution in [0.4, 0.5) is 14.5 Å². The Hall–Kier alpha value is -2.33. The van der Waals surface area contributed by atoms with Crippen molar-refractivity contribution in [2.75, 3.05) is 18.1 Å². The van der Waals surface area contributed by atoms with Gasteiger partial charge in [0.1, 0.15) is 23.5 Å². The van der Waals surface area contributed by atoms with E-state index in [2.05, 4.69) is 15.9 Å². The summed E-state index contributed by atoms with van der Waals surface area (Å²) in [5.41, 5.74) is 8.07. The van der Waals surface area contributed by atoms with Gasteiger partial charge in [-0.25, -0.2) is 13.3 Å². The third kappa shape index (κ3) is 5.78. The molecule has 0 aliphatic carbocycles. The number of piperidine rings is 1. The Labute approximate surface area is 234 Å². The molecule has 0 bridgehead atoms. The van der Waals surface area contributed by atoms with Crippen LogP contribution in [-0.4, -0.2) is 24.1 Å². The van der Waals surface area contributed by atoms with E-state index < -0.39 is 19.7 Å². The van der Waals surface area contributed by atoms with Gasteiger partial charge in [0.15, 0.2) is 5.75 Å². The monoisotopic (exact) mass is 622 g/mol. The molecule has 0 amide bonds. The van der Waals surface area contributed by atoms with Gasteiger partial charge in [0.2, 0.25) is 0 Å². The SMILES string of the molecule is CC1(C)COP(=O)(O)O[C@H]1c1ccccc1.N[C@@H]1CCCN2c3cc(Br)c(F)cc3Oc3cccc(F)c3[C@@H]12. The van der Waals surface area contributed by atoms with Gasteiger partial charge in [-0.3, -0.25) is 9.05 Å². The minimum absolute atomic E-state index is 0.209. The van der Waals surface area contributed by atoms with Gasteiger partial charge in [-0.1, -0.05) is 50.2 Å². The minimum Gasteiger partial charge on any atom is -0.455 e. The lowest BCUT2D eigenvalue weighted by Crippen LogP contribution is -2.46. The third-order valence-corrected chi connectivity index (χ3v) is 8.71. The molecule has 0 aromatic heterocycles. The predicted octanol–water partition coefficient (Wildman–Crippen LogP) is 7.40. The Kier molecular flexibility index (Phi) is 7.90. The lowest BCUT2D eigenvalue weighted by molar-refractivity contribution is -0.0472. The van der Waals surface area contributed by atoms with Crippen molar-refractivity contribution in [3.63, 3.8) is 0 Å². The zero-order valence-corrected chi connectivity index (χ0v) is 24.0. The molecule has 7 nitrogen and oxygen atoms in total. The van der Waals surface area contributed by atoms with Crippen molar-refractivity contribution in [1.82, 2.24) is 0 Å². The lowest BCUT2D eigenvalue weighted by atomic mass is 9.83. The number of benzene rings is 3. The van der Waals surface area contributed by atoms with E-state index in [-0.39, 0.29) is 29.9 Å². The van der Waals surface area contributed by atoms with Crippen LogP contribution >= 0.6 is 23.8 Å². The fourth-order valence-corrected chi connectivity index (χ4v) is 6.83. The van der Waals surface area contributed by atoms with E-state index >= 15 is 0 Å². The molecule has 0 spiro atoms. The highest BCUT2D eigenvalue weighted by Crippen LogP contribution is 2.58. The molecule has 208 valence electrons. The topological polar surface area (TPSA) is 94.2 Å². The van der Waals surface area contributed by atoms with Crippen LogP contribution in [0, 0.1) is 17.0 Å². The number of nitrogens with two attached hydrogens (primary N) is 1. The molecule has 3 heterocycles. The molecule has 2 saturated heterocycles. The number of nitrogens with zero attached hydrogens (tertiary/aromatic N) is 1. The number of phosphoric ester groups is 1. The largest absolute Gasteiger partial charge is 0.472 e. The van der Waals surface area contributed by atoms with Crippen molar-refractivity contribution in [3.05, 3.63) is 87.9 Å². The maximum absolute atomic E-state index is 14.5. The number of ether oxygens (including phenoxy) is 1. The van der Waals surface area contributed by atoms with E-state index in [0.717, 1.165) is 30.6 Å². The number of phosphoric acid groups is 1. The fourth-order valence-electron chi connectivity index (χ4n) is 5.27. The second-order valence-corrected chi connectivity index (χ2v) is 12.8. The van der Waals surface area contributed by atoms with Crippen LogP contribution in [0.5, 0.6) is 11.5 Å². The quantitative estimate of drug-likeness (QED) is 0.273. The average Bonchev–Trinajstić information content (AvgIpc) is 3.03. The maximum Gasteiger partial charge on any atom is 0.472 e. The van der Waals surface area contributed by atoms with E-state index in [1.165, 1.54) is 12.1 Å². The molecule has 3 N–H and O–H groups in total. The smallest absolute Gasteiger partial charge is 0.455 e. The molecule has 39 heavy (non-hydrogen) atoms. The normalized spacial score (nSPS) is 27.1. The Bertz CT molecular complexity index is 1410. The van der Waals surface area contributed by atoms with Crippen LogP contribution in [0.2, 0.25) is 0 Å². The first-order chi connectivity index (χ1) is 18.5. The molecule has 4 atom stereocenters. The zero-order valence-electron chi connectivity index (χ0n) is 21.5. The van der Waals surface area contributed by atoms with Crippen LogP contribution in [0.1, 0.15) is 50.0 Å². The molecule has 3 aromatic carbocycles. The van der Waals surface area contributed by atoms with E-state index in [1.807, 2.05) is 49.1 Å². The lowest BCUT2D eigenvalue weighted by Gasteiger charge is -2.40. The molecule has 3 aromatic rings. The molecule has 0 saturated carbocycles. The van der Waals surface area contributed by atoms with E-state index in [4.69, 9.17) is 19.5 Å². The van der Waals surface area contributed by atoms with Crippen molar-refractivity contribution in [2.45, 2.75) is 44.9 Å². The Balaban J connectivity index is 0.000000169. The summed E-state index contributed by atoms with van der Waals surface area (Å²) in [6.45, 7) is 4.83. The average molecular weight is 623 g/mol. The first kappa shape index (κ1) is 28.2. The maximum atomic E-state index is 14.5. The van der Waals surface area contributed by atoms with Gasteiger partial charge in [-0.2, -0.15) is 0 Å². The molecule has 11 heteroatoms. The standard InChI is InChI=1S/C17H15BrF2N2O.C11H15O4P/c18-9-7-13-15(8-11(9)20)23-14-5-1-3-10(19)16(14)17-12(21)4-2-6-22(13)17;1-11(2)8-14-16(12,13)15-10(11)9-6-4-3-5-7-9/h1,3,5,7-8,12,17H,2,4,6,21H2;3-7,10H,8H2,1-2H3,(H,12,13)/t12-,17-;10-/m10/s1. The van der Waals surface area contributed by atoms with Gasteiger partial charge in [0.25, 0.3) is 0 Å². The summed E-state index contributed by atoms with van der Waals surface area (Å²) in [5, 5.41) is 0. The predicted molar refractivity (Wildman–Crippen MR) is 148 cm³/mol. The van der Waals surface area contributed by atoms with Gasteiger partial charge in [-0.05, 0) is 52.5 Å². The Morgan fingerprint density at radius 1 is 1.08 bits per heavy atom. The van der Waals surface area contributed by atoms with Crippen LogP contribution in [0.15, 0.2) is 65.1 Å². The molecule has 0 radical (unpaired) electrons. The summed E-state index contributed by atoms with van der Waals surface area (Å²) < 4.78 is 56.1. The van der Waals surface area contributed by atoms with Gasteiger partial charge >= 0.3 is 7.82 Å². The number of hydrogen-bond acceptors (Lipinski definition) is 6. The molecular weight excluding hydrogens is 593 g/mol. The third-order valence-electron chi connectivity index (χ3n) is 7.17. The number of hydrogen-bond donors (Lipinski definition) is 2. The van der Waals surface area contributed by atoms with Crippen LogP contribution in [0.25, 0.3) is 0 Å². The molecule has 6 rings (SSSR count). The van der Waals surface area contributed by atoms with Gasteiger partial charge < -0.3 is 20.3 Å². The van der Waals surface area contributed by atoms with Crippen molar-refractivity contribution < 1.29 is 32.0 Å². The van der Waals surface area contributed by atoms with E-state index in [1.54, 1.807) is 18.2 Å². The number of fused-ring (bicyclic) bond motifs is 5. The van der Waals surface area contributed by atoms with Gasteiger partial charge in [-0.15, -0.1) is 0 Å². The van der Waals surface area contributed by atoms with Crippen molar-refractivity contribution in [1.29, 1.82) is 0 Å². The molecular formula is C28H30BrF2N2O5P. The molecule has 3 aliphatic heterocycles. The van der Waals surface area contributed by atoms with Gasteiger partial charge in [0.05, 0.1) is 28.4 Å². The summed E-state index contributed by atoms with van der Waals surface area (Å²) in [5.74, 6) is 0.0237. The van der Waals surface area contributed by atoms with E-state index in [9.17, 15) is 18.2 Å². The Morgan fingerprint density at radius 3 is 2.56 bits per heavy atom. The van der Waals surface area contributed by atoms with Crippen LogP contribution in [0.3, 0.4) is 0 Å². The molecule has 1 unspecified atom stereocenters.